The number of nitriles is 1. The van der Waals surface area contributed by atoms with Crippen LogP contribution in [0.5, 0.6) is 11.5 Å². The predicted molar refractivity (Wildman–Crippen MR) is 152 cm³/mol. The summed E-state index contributed by atoms with van der Waals surface area (Å²) in [7, 11) is 0. The maximum absolute atomic E-state index is 12.8. The zero-order valence-electron chi connectivity index (χ0n) is 19.7. The first kappa shape index (κ1) is 26.6. The van der Waals surface area contributed by atoms with Crippen molar-refractivity contribution in [3.05, 3.63) is 104 Å². The van der Waals surface area contributed by atoms with E-state index in [2.05, 4.69) is 39.4 Å². The quantitative estimate of drug-likeness (QED) is 0.164. The average molecular weight is 596 g/mol. The fourth-order valence-electron chi connectivity index (χ4n) is 3.71. The Kier molecular flexibility index (Phi) is 8.73. The lowest BCUT2D eigenvalue weighted by Crippen LogP contribution is -2.13. The van der Waals surface area contributed by atoms with E-state index in [1.165, 1.54) is 6.08 Å². The van der Waals surface area contributed by atoms with Gasteiger partial charge >= 0.3 is 0 Å². The summed E-state index contributed by atoms with van der Waals surface area (Å²) in [4.78, 5) is 12.8. The molecule has 1 amide bonds. The molecule has 0 spiro atoms. The number of carbonyl (C=O) groups is 1. The van der Waals surface area contributed by atoms with Gasteiger partial charge in [0, 0.05) is 4.47 Å². The van der Waals surface area contributed by atoms with E-state index in [9.17, 15) is 10.1 Å². The van der Waals surface area contributed by atoms with Crippen LogP contribution in [0.3, 0.4) is 0 Å². The molecular formula is C29H21BrCl2N2O3. The Morgan fingerprint density at radius 1 is 1.03 bits per heavy atom. The number of fused-ring (bicyclic) bond motifs is 1. The van der Waals surface area contributed by atoms with E-state index in [1.807, 2.05) is 37.3 Å². The Balaban J connectivity index is 1.60. The molecule has 0 bridgehead atoms. The van der Waals surface area contributed by atoms with Crippen molar-refractivity contribution in [1.29, 1.82) is 5.26 Å². The molecule has 4 rings (SSSR count). The SMILES string of the molecule is CCOc1cc(/C=C(/C#N)C(=O)Nc2cccc(Cl)c2Cl)c(Br)cc1OCc1cccc2ccccc12. The van der Waals surface area contributed by atoms with Crippen molar-refractivity contribution in [3.8, 4) is 17.6 Å². The van der Waals surface area contributed by atoms with Gasteiger partial charge in [0.25, 0.3) is 5.91 Å². The molecule has 0 radical (unpaired) electrons. The van der Waals surface area contributed by atoms with Crippen LogP contribution < -0.4 is 14.8 Å². The third-order valence-electron chi connectivity index (χ3n) is 5.49. The van der Waals surface area contributed by atoms with Gasteiger partial charge in [-0.3, -0.25) is 4.79 Å². The lowest BCUT2D eigenvalue weighted by atomic mass is 10.1. The Labute approximate surface area is 233 Å². The number of hydrogen-bond acceptors (Lipinski definition) is 4. The molecule has 0 aliphatic carbocycles. The van der Waals surface area contributed by atoms with Crippen LogP contribution in [0.25, 0.3) is 16.8 Å². The summed E-state index contributed by atoms with van der Waals surface area (Å²) < 4.78 is 12.6. The van der Waals surface area contributed by atoms with Gasteiger partial charge in [0.15, 0.2) is 11.5 Å². The first-order chi connectivity index (χ1) is 17.9. The zero-order valence-corrected chi connectivity index (χ0v) is 22.8. The first-order valence-corrected chi connectivity index (χ1v) is 12.9. The Bertz CT molecular complexity index is 1540. The topological polar surface area (TPSA) is 71.3 Å². The number of halogens is 3. The van der Waals surface area contributed by atoms with Crippen molar-refractivity contribution >= 4 is 67.6 Å². The largest absolute Gasteiger partial charge is 0.490 e. The Morgan fingerprint density at radius 3 is 2.54 bits per heavy atom. The molecule has 0 aliphatic rings. The molecule has 0 unspecified atom stereocenters. The summed E-state index contributed by atoms with van der Waals surface area (Å²) in [5.74, 6) is 0.410. The fraction of sp³-hybridized carbons (Fsp3) is 0.103. The van der Waals surface area contributed by atoms with Crippen molar-refractivity contribution in [3.63, 3.8) is 0 Å². The number of benzene rings is 4. The average Bonchev–Trinajstić information content (AvgIpc) is 2.90. The van der Waals surface area contributed by atoms with E-state index < -0.39 is 5.91 Å². The molecular weight excluding hydrogens is 575 g/mol. The number of hydrogen-bond donors (Lipinski definition) is 1. The third kappa shape index (κ3) is 6.26. The summed E-state index contributed by atoms with van der Waals surface area (Å²) in [6.45, 7) is 2.62. The van der Waals surface area contributed by atoms with E-state index in [4.69, 9.17) is 32.7 Å². The summed E-state index contributed by atoms with van der Waals surface area (Å²) in [6.07, 6.45) is 1.47. The number of carbonyl (C=O) groups excluding carboxylic acids is 1. The molecule has 0 saturated heterocycles. The van der Waals surface area contributed by atoms with Gasteiger partial charge in [-0.15, -0.1) is 0 Å². The van der Waals surface area contributed by atoms with E-state index in [0.29, 0.717) is 45.5 Å². The van der Waals surface area contributed by atoms with Crippen LogP contribution in [-0.2, 0) is 11.4 Å². The highest BCUT2D eigenvalue weighted by Crippen LogP contribution is 2.36. The highest BCUT2D eigenvalue weighted by molar-refractivity contribution is 9.10. The molecule has 4 aromatic carbocycles. The van der Waals surface area contributed by atoms with E-state index >= 15 is 0 Å². The minimum absolute atomic E-state index is 0.122. The second-order valence-corrected chi connectivity index (χ2v) is 9.55. The van der Waals surface area contributed by atoms with E-state index in [-0.39, 0.29) is 10.6 Å². The molecule has 186 valence electrons. The van der Waals surface area contributed by atoms with Crippen molar-refractivity contribution in [1.82, 2.24) is 0 Å². The number of nitrogens with one attached hydrogen (secondary N) is 1. The molecule has 0 atom stereocenters. The van der Waals surface area contributed by atoms with E-state index in [0.717, 1.165) is 16.3 Å². The smallest absolute Gasteiger partial charge is 0.266 e. The zero-order chi connectivity index (χ0) is 26.4. The van der Waals surface area contributed by atoms with Gasteiger partial charge in [-0.05, 0) is 59.2 Å². The number of amides is 1. The predicted octanol–water partition coefficient (Wildman–Crippen LogP) is 8.43. The summed E-state index contributed by atoms with van der Waals surface area (Å²) >= 11 is 15.7. The number of anilines is 1. The second kappa shape index (κ2) is 12.2. The number of ether oxygens (including phenoxy) is 2. The molecule has 0 aromatic heterocycles. The van der Waals surface area contributed by atoms with Crippen LogP contribution in [0.2, 0.25) is 10.0 Å². The van der Waals surface area contributed by atoms with Crippen LogP contribution in [0, 0.1) is 11.3 Å². The molecule has 1 N–H and O–H groups in total. The highest BCUT2D eigenvalue weighted by atomic mass is 79.9. The molecule has 4 aromatic rings. The van der Waals surface area contributed by atoms with Crippen molar-refractivity contribution in [2.75, 3.05) is 11.9 Å². The van der Waals surface area contributed by atoms with Gasteiger partial charge < -0.3 is 14.8 Å². The molecule has 8 heteroatoms. The molecule has 0 aliphatic heterocycles. The van der Waals surface area contributed by atoms with Gasteiger partial charge in [-0.2, -0.15) is 5.26 Å². The fourth-order valence-corrected chi connectivity index (χ4v) is 4.50. The van der Waals surface area contributed by atoms with Crippen LogP contribution >= 0.6 is 39.1 Å². The number of rotatable bonds is 8. The van der Waals surface area contributed by atoms with Gasteiger partial charge in [-0.1, -0.05) is 87.7 Å². The minimum atomic E-state index is -0.618. The Morgan fingerprint density at radius 2 is 1.76 bits per heavy atom. The third-order valence-corrected chi connectivity index (χ3v) is 7.00. The van der Waals surface area contributed by atoms with Crippen LogP contribution in [-0.4, -0.2) is 12.5 Å². The van der Waals surface area contributed by atoms with Gasteiger partial charge in [-0.25, -0.2) is 0 Å². The lowest BCUT2D eigenvalue weighted by Gasteiger charge is -2.15. The molecule has 37 heavy (non-hydrogen) atoms. The van der Waals surface area contributed by atoms with Crippen LogP contribution in [0.15, 0.2) is 82.8 Å². The summed E-state index contributed by atoms with van der Waals surface area (Å²) in [5.41, 5.74) is 1.81. The molecule has 0 saturated carbocycles. The summed E-state index contributed by atoms with van der Waals surface area (Å²) in [5, 5.41) is 15.0. The standard InChI is InChI=1S/C29H21BrCl2N2O3/c1-2-36-26-14-20(13-21(16-33)29(35)34-25-12-6-11-24(31)28(25)32)23(30)15-27(26)37-17-19-9-5-8-18-7-3-4-10-22(18)19/h3-15H,2,17H2,1H3,(H,34,35)/b21-13-. The highest BCUT2D eigenvalue weighted by Gasteiger charge is 2.16. The molecule has 0 heterocycles. The van der Waals surface area contributed by atoms with Gasteiger partial charge in [0.1, 0.15) is 18.2 Å². The first-order valence-electron chi connectivity index (χ1n) is 11.3. The maximum atomic E-state index is 12.8. The van der Waals surface area contributed by atoms with Crippen molar-refractivity contribution < 1.29 is 14.3 Å². The Hall–Kier alpha value is -3.50. The maximum Gasteiger partial charge on any atom is 0.266 e. The van der Waals surface area contributed by atoms with Crippen LogP contribution in [0.1, 0.15) is 18.1 Å². The van der Waals surface area contributed by atoms with Gasteiger partial charge in [0.05, 0.1) is 22.3 Å². The number of nitrogens with zero attached hydrogens (tertiary/aromatic N) is 1. The lowest BCUT2D eigenvalue weighted by molar-refractivity contribution is -0.112. The molecule has 5 nitrogen and oxygen atoms in total. The van der Waals surface area contributed by atoms with E-state index in [1.54, 1.807) is 30.3 Å². The van der Waals surface area contributed by atoms with Crippen molar-refractivity contribution in [2.45, 2.75) is 13.5 Å². The summed E-state index contributed by atoms with van der Waals surface area (Å²) in [6, 6.07) is 24.5. The van der Waals surface area contributed by atoms with Gasteiger partial charge in [0.2, 0.25) is 0 Å². The van der Waals surface area contributed by atoms with Crippen molar-refractivity contribution in [2.24, 2.45) is 0 Å². The molecule has 0 fully saturated rings. The second-order valence-electron chi connectivity index (χ2n) is 7.91. The van der Waals surface area contributed by atoms with Crippen LogP contribution in [0.4, 0.5) is 5.69 Å². The minimum Gasteiger partial charge on any atom is -0.490 e. The monoisotopic (exact) mass is 594 g/mol. The normalized spacial score (nSPS) is 11.2.